The predicted octanol–water partition coefficient (Wildman–Crippen LogP) is 11.0. The van der Waals surface area contributed by atoms with Gasteiger partial charge in [-0.2, -0.15) is 0 Å². The van der Waals surface area contributed by atoms with Crippen LogP contribution in [0.3, 0.4) is 0 Å². The highest BCUT2D eigenvalue weighted by molar-refractivity contribution is 7.46. The summed E-state index contributed by atoms with van der Waals surface area (Å²) in [5.41, 5.74) is 0. The van der Waals surface area contributed by atoms with Gasteiger partial charge in [-0.25, -0.2) is 4.57 Å². The Balaban J connectivity index is 4.11. The third-order valence-electron chi connectivity index (χ3n) is 7.51. The fourth-order valence-electron chi connectivity index (χ4n) is 4.71. The lowest BCUT2D eigenvalue weighted by Gasteiger charge is -2.18. The van der Waals surface area contributed by atoms with E-state index in [1.807, 2.05) is 6.08 Å². The van der Waals surface area contributed by atoms with Crippen molar-refractivity contribution in [3.8, 4) is 0 Å². The highest BCUT2D eigenvalue weighted by Crippen LogP contribution is 2.35. The number of carbonyl (C=O) groups is 2. The van der Waals surface area contributed by atoms with Gasteiger partial charge in [-0.3, -0.25) is 14.1 Å². The van der Waals surface area contributed by atoms with Crippen molar-refractivity contribution in [2.75, 3.05) is 13.2 Å². The monoisotopic (exact) mass is 694 g/mol. The summed E-state index contributed by atoms with van der Waals surface area (Å²) in [5, 5.41) is 0. The Morgan fingerprint density at radius 1 is 0.542 bits per heavy atom. The number of phosphoric ester groups is 1. The number of esters is 2. The summed E-state index contributed by atoms with van der Waals surface area (Å²) in [6.45, 7) is 3.56. The van der Waals surface area contributed by atoms with Crippen LogP contribution in [0.5, 0.6) is 0 Å². The van der Waals surface area contributed by atoms with E-state index in [4.69, 9.17) is 19.3 Å². The number of allylic oxidation sites excluding steroid dienone is 10. The highest BCUT2D eigenvalue weighted by atomic mass is 31.2. The van der Waals surface area contributed by atoms with Crippen LogP contribution < -0.4 is 0 Å². The number of unbranched alkanes of at least 4 members (excludes halogenated alkanes) is 13. The molecule has 0 heterocycles. The van der Waals surface area contributed by atoms with Crippen molar-refractivity contribution in [3.63, 3.8) is 0 Å². The summed E-state index contributed by atoms with van der Waals surface area (Å²) in [6.07, 6.45) is 42.3. The maximum Gasteiger partial charge on any atom is 0.469 e. The molecule has 1 atom stereocenters. The average Bonchev–Trinajstić information content (AvgIpc) is 3.05. The van der Waals surface area contributed by atoms with E-state index in [9.17, 15) is 14.2 Å². The lowest BCUT2D eigenvalue weighted by atomic mass is 10.1. The second kappa shape index (κ2) is 34.6. The number of ether oxygens (including phenoxy) is 2. The summed E-state index contributed by atoms with van der Waals surface area (Å²) in [7, 11) is -4.77. The Bertz CT molecular complexity index is 963. The second-order valence-corrected chi connectivity index (χ2v) is 13.4. The van der Waals surface area contributed by atoms with E-state index in [0.717, 1.165) is 51.4 Å². The van der Waals surface area contributed by atoms with Crippen LogP contribution in [0.4, 0.5) is 0 Å². The van der Waals surface area contributed by atoms with Crippen LogP contribution in [0.25, 0.3) is 0 Å². The SMILES string of the molecule is CCCCC/C=C\C/C=C\C/C=C\C/C=C\CCCC(=O)O[C@H](COC(=O)CCCCCCC/C=C\CCCCCC)COP(=O)(O)O. The van der Waals surface area contributed by atoms with Gasteiger partial charge in [0.15, 0.2) is 6.10 Å². The average molecular weight is 695 g/mol. The van der Waals surface area contributed by atoms with Crippen LogP contribution in [0.15, 0.2) is 60.8 Å². The van der Waals surface area contributed by atoms with E-state index in [1.54, 1.807) is 0 Å². The molecule has 0 fully saturated rings. The molecule has 9 heteroatoms. The number of rotatable bonds is 33. The van der Waals surface area contributed by atoms with Crippen molar-refractivity contribution in [1.29, 1.82) is 0 Å². The molecular weight excluding hydrogens is 627 g/mol. The lowest BCUT2D eigenvalue weighted by molar-refractivity contribution is -0.161. The topological polar surface area (TPSA) is 119 Å². The quantitative estimate of drug-likeness (QED) is 0.0301. The smallest absolute Gasteiger partial charge is 0.462 e. The summed E-state index contributed by atoms with van der Waals surface area (Å²) < 4.78 is 26.2. The Kier molecular flexibility index (Phi) is 33.0. The number of hydrogen-bond donors (Lipinski definition) is 2. The molecule has 0 aromatic carbocycles. The minimum atomic E-state index is -4.77. The molecular formula is C39H67O8P. The lowest BCUT2D eigenvalue weighted by Crippen LogP contribution is -2.29. The van der Waals surface area contributed by atoms with Gasteiger partial charge < -0.3 is 19.3 Å². The second-order valence-electron chi connectivity index (χ2n) is 12.2. The maximum absolute atomic E-state index is 12.3. The van der Waals surface area contributed by atoms with Gasteiger partial charge >= 0.3 is 19.8 Å². The third kappa shape index (κ3) is 36.6. The molecule has 0 aliphatic rings. The van der Waals surface area contributed by atoms with Crippen molar-refractivity contribution in [2.24, 2.45) is 0 Å². The third-order valence-corrected chi connectivity index (χ3v) is 7.99. The fraction of sp³-hybridized carbons (Fsp3) is 0.692. The normalized spacial score (nSPS) is 13.2. The van der Waals surface area contributed by atoms with E-state index in [0.29, 0.717) is 19.3 Å². The van der Waals surface area contributed by atoms with E-state index >= 15 is 0 Å². The maximum atomic E-state index is 12.3. The number of carbonyl (C=O) groups excluding carboxylic acids is 2. The van der Waals surface area contributed by atoms with Gasteiger partial charge in [-0.15, -0.1) is 0 Å². The molecule has 0 aliphatic carbocycles. The highest BCUT2D eigenvalue weighted by Gasteiger charge is 2.22. The van der Waals surface area contributed by atoms with Crippen LogP contribution in [0, 0.1) is 0 Å². The molecule has 0 radical (unpaired) electrons. The zero-order chi connectivity index (χ0) is 35.4. The van der Waals surface area contributed by atoms with Gasteiger partial charge in [0.2, 0.25) is 0 Å². The summed E-state index contributed by atoms with van der Waals surface area (Å²) >= 11 is 0. The Morgan fingerprint density at radius 2 is 0.958 bits per heavy atom. The van der Waals surface area contributed by atoms with Gasteiger partial charge in [-0.1, -0.05) is 126 Å². The molecule has 0 spiro atoms. The summed E-state index contributed by atoms with van der Waals surface area (Å²) in [4.78, 5) is 42.6. The first-order valence-corrected chi connectivity index (χ1v) is 20.1. The Morgan fingerprint density at radius 3 is 1.52 bits per heavy atom. The van der Waals surface area contributed by atoms with Crippen LogP contribution in [0.1, 0.15) is 155 Å². The molecule has 0 bridgehead atoms. The molecule has 276 valence electrons. The van der Waals surface area contributed by atoms with Crippen LogP contribution in [0.2, 0.25) is 0 Å². The molecule has 8 nitrogen and oxygen atoms in total. The van der Waals surface area contributed by atoms with Crippen molar-refractivity contribution < 1.29 is 37.9 Å². The molecule has 0 amide bonds. The van der Waals surface area contributed by atoms with Gasteiger partial charge in [0.05, 0.1) is 6.61 Å². The largest absolute Gasteiger partial charge is 0.469 e. The van der Waals surface area contributed by atoms with E-state index in [-0.39, 0.29) is 19.4 Å². The Hall–Kier alpha value is -2.25. The molecule has 0 rings (SSSR count). The molecule has 0 aromatic heterocycles. The molecule has 0 saturated heterocycles. The van der Waals surface area contributed by atoms with Crippen molar-refractivity contribution in [2.45, 2.75) is 161 Å². The van der Waals surface area contributed by atoms with Crippen molar-refractivity contribution in [1.82, 2.24) is 0 Å². The minimum Gasteiger partial charge on any atom is -0.462 e. The first-order valence-electron chi connectivity index (χ1n) is 18.6. The molecule has 0 unspecified atom stereocenters. The van der Waals surface area contributed by atoms with E-state index in [2.05, 4.69) is 73.1 Å². The zero-order valence-corrected chi connectivity index (χ0v) is 31.0. The summed E-state index contributed by atoms with van der Waals surface area (Å²) in [6, 6.07) is 0. The van der Waals surface area contributed by atoms with E-state index in [1.165, 1.54) is 57.8 Å². The summed E-state index contributed by atoms with van der Waals surface area (Å²) in [5.74, 6) is -0.966. The van der Waals surface area contributed by atoms with Crippen molar-refractivity contribution >= 4 is 19.8 Å². The minimum absolute atomic E-state index is 0.132. The fourth-order valence-corrected chi connectivity index (χ4v) is 5.07. The van der Waals surface area contributed by atoms with Gasteiger partial charge in [0.25, 0.3) is 0 Å². The molecule has 0 aromatic rings. The van der Waals surface area contributed by atoms with Gasteiger partial charge in [-0.05, 0) is 77.0 Å². The molecule has 2 N–H and O–H groups in total. The van der Waals surface area contributed by atoms with Crippen LogP contribution in [-0.2, 0) is 28.2 Å². The molecule has 0 aliphatic heterocycles. The zero-order valence-electron chi connectivity index (χ0n) is 30.1. The Labute approximate surface area is 292 Å². The van der Waals surface area contributed by atoms with Crippen LogP contribution >= 0.6 is 7.82 Å². The van der Waals surface area contributed by atoms with Crippen LogP contribution in [-0.4, -0.2) is 41.0 Å². The number of phosphoric acid groups is 1. The van der Waals surface area contributed by atoms with Gasteiger partial charge in [0, 0.05) is 12.8 Å². The number of hydrogen-bond acceptors (Lipinski definition) is 6. The molecule has 0 saturated carbocycles. The van der Waals surface area contributed by atoms with E-state index < -0.39 is 32.5 Å². The first-order chi connectivity index (χ1) is 23.3. The first kappa shape index (κ1) is 45.8. The van der Waals surface area contributed by atoms with Gasteiger partial charge in [0.1, 0.15) is 6.61 Å². The molecule has 48 heavy (non-hydrogen) atoms. The van der Waals surface area contributed by atoms with Crippen molar-refractivity contribution in [3.05, 3.63) is 60.8 Å². The predicted molar refractivity (Wildman–Crippen MR) is 197 cm³/mol. The standard InChI is InChI=1S/C39H67O8P/c1-3-5-7-9-11-13-15-17-18-19-20-22-24-26-28-30-32-34-39(41)47-37(36-46-48(42,43)44)35-45-38(40)33-31-29-27-25-23-21-16-14-12-10-8-6-4-2/h11,13-14,16-18,20,22,26,28,37H,3-10,12,15,19,21,23-25,27,29-36H2,1-2H3,(H2,42,43,44)/b13-11-,16-14-,18-17-,22-20-,28-26-/t37-/m1/s1.